The van der Waals surface area contributed by atoms with Crippen molar-refractivity contribution in [2.45, 2.75) is 26.7 Å². The maximum absolute atomic E-state index is 11.9. The molecule has 31 heavy (non-hydrogen) atoms. The van der Waals surface area contributed by atoms with Gasteiger partial charge in [0.2, 0.25) is 11.7 Å². The van der Waals surface area contributed by atoms with Crippen LogP contribution in [0, 0.1) is 23.0 Å². The summed E-state index contributed by atoms with van der Waals surface area (Å²) in [5, 5.41) is 11.8. The number of carbonyl (C=O) groups excluding carboxylic acids is 2. The molecular weight excluding hydrogens is 406 g/mol. The number of nitrogens with zero attached hydrogens (tertiary/aromatic N) is 4. The van der Waals surface area contributed by atoms with Crippen LogP contribution in [0.5, 0.6) is 11.6 Å². The standard InChI is InChI=1S/C20H23N5O6/c1-3-30-20(27)13-6-8-24(9-7-13)18-16(25(28)29)19(23-11-22-18)31-15-5-4-14(17(21)26)10-12(15)2/h4-5,10-11,13H,3,6-9H2,1-2H3,(H2,21,26). The smallest absolute Gasteiger partial charge is 0.373 e. The molecule has 2 N–H and O–H groups in total. The van der Waals surface area contributed by atoms with Crippen molar-refractivity contribution in [1.82, 2.24) is 9.97 Å². The Morgan fingerprint density at radius 1 is 1.29 bits per heavy atom. The van der Waals surface area contributed by atoms with E-state index in [1.165, 1.54) is 24.5 Å². The lowest BCUT2D eigenvalue weighted by Gasteiger charge is -2.31. The molecule has 1 fully saturated rings. The van der Waals surface area contributed by atoms with Gasteiger partial charge < -0.3 is 20.1 Å². The molecule has 1 aliphatic rings. The molecule has 1 aliphatic heterocycles. The van der Waals surface area contributed by atoms with Crippen molar-refractivity contribution in [2.75, 3.05) is 24.6 Å². The Morgan fingerprint density at radius 3 is 2.58 bits per heavy atom. The highest BCUT2D eigenvalue weighted by atomic mass is 16.6. The summed E-state index contributed by atoms with van der Waals surface area (Å²) >= 11 is 0. The minimum Gasteiger partial charge on any atom is -0.466 e. The largest absolute Gasteiger partial charge is 0.466 e. The normalized spacial score (nSPS) is 14.2. The van der Waals surface area contributed by atoms with Crippen molar-refractivity contribution in [3.63, 3.8) is 0 Å². The van der Waals surface area contributed by atoms with E-state index < -0.39 is 10.8 Å². The minimum atomic E-state index is -0.588. The number of ether oxygens (including phenoxy) is 2. The van der Waals surface area contributed by atoms with Gasteiger partial charge in [0.25, 0.3) is 0 Å². The number of nitro groups is 1. The van der Waals surface area contributed by atoms with E-state index in [9.17, 15) is 19.7 Å². The molecule has 11 heteroatoms. The summed E-state index contributed by atoms with van der Waals surface area (Å²) in [4.78, 5) is 44.3. The van der Waals surface area contributed by atoms with Crippen LogP contribution in [0.3, 0.4) is 0 Å². The number of aryl methyl sites for hydroxylation is 1. The molecule has 164 valence electrons. The van der Waals surface area contributed by atoms with E-state index >= 15 is 0 Å². The number of piperidine rings is 1. The first kappa shape index (κ1) is 21.9. The molecule has 0 aliphatic carbocycles. The molecule has 1 aromatic carbocycles. The molecule has 3 rings (SSSR count). The van der Waals surface area contributed by atoms with Crippen molar-refractivity contribution >= 4 is 23.4 Å². The van der Waals surface area contributed by atoms with Crippen LogP contribution in [0.25, 0.3) is 0 Å². The van der Waals surface area contributed by atoms with Crippen LogP contribution in [0.1, 0.15) is 35.7 Å². The first-order valence-electron chi connectivity index (χ1n) is 9.81. The molecule has 0 bridgehead atoms. The number of amides is 1. The third-order valence-corrected chi connectivity index (χ3v) is 5.03. The molecule has 0 atom stereocenters. The van der Waals surface area contributed by atoms with Crippen molar-refractivity contribution in [3.05, 3.63) is 45.8 Å². The van der Waals surface area contributed by atoms with Crippen molar-refractivity contribution < 1.29 is 24.0 Å². The van der Waals surface area contributed by atoms with Gasteiger partial charge in [-0.1, -0.05) is 0 Å². The molecule has 1 aromatic heterocycles. The lowest BCUT2D eigenvalue weighted by atomic mass is 9.97. The quantitative estimate of drug-likeness (QED) is 0.397. The molecule has 1 saturated heterocycles. The summed E-state index contributed by atoms with van der Waals surface area (Å²) in [6, 6.07) is 4.51. The first-order valence-corrected chi connectivity index (χ1v) is 9.81. The van der Waals surface area contributed by atoms with Crippen molar-refractivity contribution in [2.24, 2.45) is 11.7 Å². The molecule has 0 radical (unpaired) electrons. The van der Waals surface area contributed by atoms with E-state index in [4.69, 9.17) is 15.2 Å². The third kappa shape index (κ3) is 4.87. The van der Waals surface area contributed by atoms with E-state index in [1.54, 1.807) is 18.7 Å². The number of esters is 1. The number of aromatic nitrogens is 2. The van der Waals surface area contributed by atoms with Gasteiger partial charge in [-0.25, -0.2) is 4.98 Å². The summed E-state index contributed by atoms with van der Waals surface area (Å²) in [5.41, 5.74) is 5.78. The van der Waals surface area contributed by atoms with Crippen LogP contribution in [-0.4, -0.2) is 46.5 Å². The number of rotatable bonds is 7. The number of benzene rings is 1. The van der Waals surface area contributed by atoms with Gasteiger partial charge in [0.05, 0.1) is 17.4 Å². The highest BCUT2D eigenvalue weighted by Gasteiger charge is 2.33. The molecular formula is C20H23N5O6. The fourth-order valence-electron chi connectivity index (χ4n) is 3.43. The van der Waals surface area contributed by atoms with Gasteiger partial charge in [-0.2, -0.15) is 4.98 Å². The van der Waals surface area contributed by atoms with Crippen LogP contribution in [0.4, 0.5) is 11.5 Å². The van der Waals surface area contributed by atoms with E-state index in [2.05, 4.69) is 9.97 Å². The number of anilines is 1. The van der Waals surface area contributed by atoms with Crippen molar-refractivity contribution in [1.29, 1.82) is 0 Å². The summed E-state index contributed by atoms with van der Waals surface area (Å²) in [6.45, 7) is 4.58. The lowest BCUT2D eigenvalue weighted by molar-refractivity contribution is -0.385. The Balaban J connectivity index is 1.85. The fraction of sp³-hybridized carbons (Fsp3) is 0.400. The second kappa shape index (κ2) is 9.37. The molecule has 2 aromatic rings. The van der Waals surface area contributed by atoms with Gasteiger partial charge in [-0.15, -0.1) is 0 Å². The van der Waals surface area contributed by atoms with Crippen molar-refractivity contribution in [3.8, 4) is 11.6 Å². The Kier molecular flexibility index (Phi) is 6.63. The van der Waals surface area contributed by atoms with Crippen LogP contribution in [0.2, 0.25) is 0 Å². The fourth-order valence-corrected chi connectivity index (χ4v) is 3.43. The van der Waals surface area contributed by atoms with Gasteiger partial charge in [0.15, 0.2) is 0 Å². The SMILES string of the molecule is CCOC(=O)C1CCN(c2ncnc(Oc3ccc(C(N)=O)cc3C)c2[N+](=O)[O-])CC1. The molecule has 0 spiro atoms. The first-order chi connectivity index (χ1) is 14.8. The summed E-state index contributed by atoms with van der Waals surface area (Å²) in [7, 11) is 0. The second-order valence-corrected chi connectivity index (χ2v) is 7.07. The number of nitrogens with two attached hydrogens (primary N) is 1. The highest BCUT2D eigenvalue weighted by Crippen LogP contribution is 2.38. The van der Waals surface area contributed by atoms with Crippen LogP contribution < -0.4 is 15.4 Å². The minimum absolute atomic E-state index is 0.128. The average molecular weight is 429 g/mol. The van der Waals surface area contributed by atoms with Gasteiger partial charge in [0.1, 0.15) is 12.1 Å². The number of carbonyl (C=O) groups is 2. The van der Waals surface area contributed by atoms with E-state index in [-0.39, 0.29) is 29.3 Å². The Bertz CT molecular complexity index is 1000. The third-order valence-electron chi connectivity index (χ3n) is 5.03. The van der Waals surface area contributed by atoms with Crippen LogP contribution in [0.15, 0.2) is 24.5 Å². The Labute approximate surface area is 178 Å². The van der Waals surface area contributed by atoms with Gasteiger partial charge in [-0.05, 0) is 50.5 Å². The average Bonchev–Trinajstić information content (AvgIpc) is 2.75. The lowest BCUT2D eigenvalue weighted by Crippen LogP contribution is -2.37. The maximum Gasteiger partial charge on any atom is 0.373 e. The second-order valence-electron chi connectivity index (χ2n) is 7.07. The van der Waals surface area contributed by atoms with Gasteiger partial charge in [0, 0.05) is 18.7 Å². The van der Waals surface area contributed by atoms with E-state index in [0.717, 1.165) is 0 Å². The van der Waals surface area contributed by atoms with Crippen LogP contribution >= 0.6 is 0 Å². The maximum atomic E-state index is 11.9. The summed E-state index contributed by atoms with van der Waals surface area (Å²) in [5.74, 6) is -0.853. The molecule has 11 nitrogen and oxygen atoms in total. The molecule has 1 amide bonds. The van der Waals surface area contributed by atoms with E-state index in [1.807, 2.05) is 0 Å². The summed E-state index contributed by atoms with van der Waals surface area (Å²) < 4.78 is 10.8. The Hall–Kier alpha value is -3.76. The zero-order chi connectivity index (χ0) is 22.5. The van der Waals surface area contributed by atoms with Crippen LogP contribution in [-0.2, 0) is 9.53 Å². The highest BCUT2D eigenvalue weighted by molar-refractivity contribution is 5.93. The predicted molar refractivity (Wildman–Crippen MR) is 110 cm³/mol. The summed E-state index contributed by atoms with van der Waals surface area (Å²) in [6.07, 6.45) is 2.20. The zero-order valence-electron chi connectivity index (χ0n) is 17.2. The molecule has 2 heterocycles. The molecule has 0 saturated carbocycles. The number of hydrogen-bond acceptors (Lipinski definition) is 9. The van der Waals surface area contributed by atoms with E-state index in [0.29, 0.717) is 49.4 Å². The number of primary amides is 1. The Morgan fingerprint density at radius 2 is 2.00 bits per heavy atom. The monoisotopic (exact) mass is 429 g/mol. The van der Waals surface area contributed by atoms with Gasteiger partial charge in [-0.3, -0.25) is 19.7 Å². The number of hydrogen-bond donors (Lipinski definition) is 1. The molecule has 0 unspecified atom stereocenters. The topological polar surface area (TPSA) is 151 Å². The van der Waals surface area contributed by atoms with Gasteiger partial charge >= 0.3 is 17.5 Å². The predicted octanol–water partition coefficient (Wildman–Crippen LogP) is 2.36. The zero-order valence-corrected chi connectivity index (χ0v) is 17.2.